The van der Waals surface area contributed by atoms with Gasteiger partial charge in [-0.05, 0) is 12.1 Å². The first-order chi connectivity index (χ1) is 8.16. The molecule has 1 heterocycles. The highest BCUT2D eigenvalue weighted by Gasteiger charge is 2.08. The second-order valence-corrected chi connectivity index (χ2v) is 3.73. The van der Waals surface area contributed by atoms with Crippen molar-refractivity contribution in [1.82, 2.24) is 9.97 Å². The first kappa shape index (κ1) is 11.3. The van der Waals surface area contributed by atoms with Gasteiger partial charge < -0.3 is 10.6 Å². The molecule has 88 valence electrons. The molecule has 0 aliphatic heterocycles. The van der Waals surface area contributed by atoms with Crippen molar-refractivity contribution in [2.45, 2.75) is 6.54 Å². The highest BCUT2D eigenvalue weighted by Crippen LogP contribution is 2.13. The van der Waals surface area contributed by atoms with Crippen molar-refractivity contribution in [3.05, 3.63) is 47.9 Å². The molecule has 5 heteroatoms. The Hall–Kier alpha value is -2.17. The molecular weight excluding hydrogens is 219 g/mol. The van der Waals surface area contributed by atoms with Crippen molar-refractivity contribution in [3.63, 3.8) is 0 Å². The predicted octanol–water partition coefficient (Wildman–Crippen LogP) is 1.83. The van der Waals surface area contributed by atoms with Crippen molar-refractivity contribution in [1.29, 1.82) is 0 Å². The van der Waals surface area contributed by atoms with Crippen LogP contribution in [0.25, 0.3) is 0 Å². The van der Waals surface area contributed by atoms with Gasteiger partial charge >= 0.3 is 0 Å². The third-order valence-corrected chi connectivity index (χ3v) is 2.37. The fourth-order valence-electron chi connectivity index (χ4n) is 1.50. The lowest BCUT2D eigenvalue weighted by atomic mass is 10.2. The molecule has 0 fully saturated rings. The average molecular weight is 232 g/mol. The lowest BCUT2D eigenvalue weighted by Gasteiger charge is -2.17. The van der Waals surface area contributed by atoms with E-state index in [1.165, 1.54) is 6.07 Å². The minimum absolute atomic E-state index is 0.233. The first-order valence-corrected chi connectivity index (χ1v) is 5.20. The number of rotatable bonds is 3. The van der Waals surface area contributed by atoms with E-state index in [-0.39, 0.29) is 5.82 Å². The van der Waals surface area contributed by atoms with Crippen LogP contribution in [-0.2, 0) is 6.54 Å². The molecule has 1 aromatic carbocycles. The Morgan fingerprint density at radius 1 is 1.29 bits per heavy atom. The van der Waals surface area contributed by atoms with E-state index in [1.807, 2.05) is 0 Å². The largest absolute Gasteiger partial charge is 0.384 e. The number of benzene rings is 1. The van der Waals surface area contributed by atoms with Crippen LogP contribution in [0, 0.1) is 5.82 Å². The van der Waals surface area contributed by atoms with Crippen molar-refractivity contribution in [2.75, 3.05) is 17.7 Å². The fourth-order valence-corrected chi connectivity index (χ4v) is 1.50. The van der Waals surface area contributed by atoms with Crippen LogP contribution in [0.5, 0.6) is 0 Å². The summed E-state index contributed by atoms with van der Waals surface area (Å²) in [5, 5.41) is 0. The van der Waals surface area contributed by atoms with Gasteiger partial charge in [0.2, 0.25) is 5.95 Å². The van der Waals surface area contributed by atoms with Crippen molar-refractivity contribution in [2.24, 2.45) is 0 Å². The molecule has 2 aromatic rings. The molecule has 0 saturated heterocycles. The third kappa shape index (κ3) is 2.69. The van der Waals surface area contributed by atoms with Crippen LogP contribution in [0.3, 0.4) is 0 Å². The number of hydrogen-bond acceptors (Lipinski definition) is 4. The van der Waals surface area contributed by atoms with Crippen LogP contribution >= 0.6 is 0 Å². The van der Waals surface area contributed by atoms with Gasteiger partial charge in [0.1, 0.15) is 11.6 Å². The number of anilines is 2. The summed E-state index contributed by atoms with van der Waals surface area (Å²) in [4.78, 5) is 9.89. The van der Waals surface area contributed by atoms with Gasteiger partial charge in [-0.15, -0.1) is 0 Å². The van der Waals surface area contributed by atoms with Gasteiger partial charge in [0.15, 0.2) is 0 Å². The second kappa shape index (κ2) is 4.78. The van der Waals surface area contributed by atoms with E-state index in [9.17, 15) is 4.39 Å². The van der Waals surface area contributed by atoms with Crippen LogP contribution in [-0.4, -0.2) is 17.0 Å². The van der Waals surface area contributed by atoms with Gasteiger partial charge in [-0.3, -0.25) is 0 Å². The molecule has 0 spiro atoms. The second-order valence-electron chi connectivity index (χ2n) is 3.73. The van der Waals surface area contributed by atoms with E-state index in [1.54, 1.807) is 42.4 Å². The summed E-state index contributed by atoms with van der Waals surface area (Å²) in [6.45, 7) is 0.399. The van der Waals surface area contributed by atoms with E-state index in [0.717, 1.165) is 0 Å². The smallest absolute Gasteiger partial charge is 0.227 e. The monoisotopic (exact) mass is 232 g/mol. The van der Waals surface area contributed by atoms with E-state index in [0.29, 0.717) is 23.9 Å². The number of aromatic nitrogens is 2. The van der Waals surface area contributed by atoms with Gasteiger partial charge in [0, 0.05) is 25.4 Å². The maximum atomic E-state index is 13.5. The number of halogens is 1. The lowest BCUT2D eigenvalue weighted by molar-refractivity contribution is 0.607. The lowest BCUT2D eigenvalue weighted by Crippen LogP contribution is -2.20. The molecule has 2 N–H and O–H groups in total. The fraction of sp³-hybridized carbons (Fsp3) is 0.167. The predicted molar refractivity (Wildman–Crippen MR) is 65.0 cm³/mol. The highest BCUT2D eigenvalue weighted by atomic mass is 19.1. The molecule has 0 aliphatic rings. The zero-order valence-electron chi connectivity index (χ0n) is 9.47. The van der Waals surface area contributed by atoms with Crippen LogP contribution < -0.4 is 10.6 Å². The number of hydrogen-bond donors (Lipinski definition) is 1. The zero-order valence-corrected chi connectivity index (χ0v) is 9.47. The van der Waals surface area contributed by atoms with Crippen molar-refractivity contribution in [3.8, 4) is 0 Å². The minimum atomic E-state index is -0.233. The molecular formula is C12H13FN4. The normalized spacial score (nSPS) is 10.2. The van der Waals surface area contributed by atoms with Crippen molar-refractivity contribution < 1.29 is 4.39 Å². The van der Waals surface area contributed by atoms with E-state index in [4.69, 9.17) is 5.73 Å². The van der Waals surface area contributed by atoms with Crippen LogP contribution in [0.4, 0.5) is 16.2 Å². The summed E-state index contributed by atoms with van der Waals surface area (Å²) in [6.07, 6.45) is 1.58. The molecule has 4 nitrogen and oxygen atoms in total. The van der Waals surface area contributed by atoms with E-state index >= 15 is 0 Å². The molecule has 1 aromatic heterocycles. The number of nitrogens with two attached hydrogens (primary N) is 1. The molecule has 0 amide bonds. The Morgan fingerprint density at radius 3 is 2.76 bits per heavy atom. The topological polar surface area (TPSA) is 55.0 Å². The Balaban J connectivity index is 2.17. The maximum Gasteiger partial charge on any atom is 0.227 e. The van der Waals surface area contributed by atoms with E-state index in [2.05, 4.69) is 9.97 Å². The molecule has 17 heavy (non-hydrogen) atoms. The molecule has 0 unspecified atom stereocenters. The van der Waals surface area contributed by atoms with Crippen LogP contribution in [0.2, 0.25) is 0 Å². The third-order valence-electron chi connectivity index (χ3n) is 2.37. The molecule has 0 atom stereocenters. The summed E-state index contributed by atoms with van der Waals surface area (Å²) < 4.78 is 13.5. The number of nitrogens with zero attached hydrogens (tertiary/aromatic N) is 3. The summed E-state index contributed by atoms with van der Waals surface area (Å²) in [7, 11) is 1.79. The van der Waals surface area contributed by atoms with Gasteiger partial charge in [0.25, 0.3) is 0 Å². The Labute approximate surface area is 98.9 Å². The molecule has 0 bridgehead atoms. The van der Waals surface area contributed by atoms with Crippen molar-refractivity contribution >= 4 is 11.8 Å². The standard InChI is InChI=1S/C12H13FN4/c1-17(12-15-7-6-11(14)16-12)8-9-4-2-3-5-10(9)13/h2-7H,8H2,1H3,(H2,14,15,16). The molecule has 0 saturated carbocycles. The highest BCUT2D eigenvalue weighted by molar-refractivity contribution is 5.38. The molecule has 0 radical (unpaired) electrons. The minimum Gasteiger partial charge on any atom is -0.384 e. The summed E-state index contributed by atoms with van der Waals surface area (Å²) in [5.74, 6) is 0.645. The maximum absolute atomic E-state index is 13.5. The summed E-state index contributed by atoms with van der Waals surface area (Å²) in [5.41, 5.74) is 6.17. The van der Waals surface area contributed by atoms with E-state index < -0.39 is 0 Å². The Morgan fingerprint density at radius 2 is 2.06 bits per heavy atom. The summed E-state index contributed by atoms with van der Waals surface area (Å²) >= 11 is 0. The Bertz CT molecular complexity index is 515. The quantitative estimate of drug-likeness (QED) is 0.877. The van der Waals surface area contributed by atoms with Gasteiger partial charge in [-0.2, -0.15) is 4.98 Å². The molecule has 2 rings (SSSR count). The SMILES string of the molecule is CN(Cc1ccccc1F)c1nccc(N)n1. The Kier molecular flexibility index (Phi) is 3.18. The number of nitrogen functional groups attached to an aromatic ring is 1. The first-order valence-electron chi connectivity index (χ1n) is 5.20. The summed E-state index contributed by atoms with van der Waals surface area (Å²) in [6, 6.07) is 8.24. The zero-order chi connectivity index (χ0) is 12.3. The van der Waals surface area contributed by atoms with Gasteiger partial charge in [0.05, 0.1) is 0 Å². The average Bonchev–Trinajstić information content (AvgIpc) is 2.32. The van der Waals surface area contributed by atoms with Gasteiger partial charge in [-0.25, -0.2) is 9.37 Å². The van der Waals surface area contributed by atoms with Crippen LogP contribution in [0.15, 0.2) is 36.5 Å². The van der Waals surface area contributed by atoms with Gasteiger partial charge in [-0.1, -0.05) is 18.2 Å². The molecule has 0 aliphatic carbocycles. The van der Waals surface area contributed by atoms with Crippen LogP contribution in [0.1, 0.15) is 5.56 Å².